The van der Waals surface area contributed by atoms with Crippen molar-refractivity contribution >= 4 is 17.3 Å². The van der Waals surface area contributed by atoms with E-state index >= 15 is 0 Å². The van der Waals surface area contributed by atoms with Crippen molar-refractivity contribution < 1.29 is 4.79 Å². The van der Waals surface area contributed by atoms with E-state index in [1.54, 1.807) is 6.08 Å². The highest BCUT2D eigenvalue weighted by Crippen LogP contribution is 2.32. The highest BCUT2D eigenvalue weighted by Gasteiger charge is 2.22. The molecule has 0 saturated heterocycles. The van der Waals surface area contributed by atoms with Crippen LogP contribution in [0.3, 0.4) is 0 Å². The van der Waals surface area contributed by atoms with Crippen molar-refractivity contribution in [1.29, 1.82) is 0 Å². The van der Waals surface area contributed by atoms with Crippen LogP contribution in [0.4, 0.5) is 11.4 Å². The van der Waals surface area contributed by atoms with Crippen LogP contribution in [0.2, 0.25) is 0 Å². The molecule has 0 spiro atoms. The molecule has 1 aliphatic rings. The predicted octanol–water partition coefficient (Wildman–Crippen LogP) is 2.98. The first-order chi connectivity index (χ1) is 7.47. The van der Waals surface area contributed by atoms with E-state index in [0.29, 0.717) is 0 Å². The van der Waals surface area contributed by atoms with E-state index in [1.165, 1.54) is 0 Å². The van der Waals surface area contributed by atoms with Crippen LogP contribution in [0.25, 0.3) is 0 Å². The number of anilines is 2. The molecule has 3 nitrogen and oxygen atoms in total. The Kier molecular flexibility index (Phi) is 2.46. The standard InChI is InChI=1S/C13H16N2O/c1-13(2,3)11-8-12(16)15-10-7-5-4-6-9(10)14-11/h4-8,14H,1-3H3,(H,15,16). The lowest BCUT2D eigenvalue weighted by molar-refractivity contribution is -0.112. The zero-order chi connectivity index (χ0) is 11.8. The predicted molar refractivity (Wildman–Crippen MR) is 66.2 cm³/mol. The molecule has 1 aliphatic heterocycles. The van der Waals surface area contributed by atoms with Crippen LogP contribution in [-0.4, -0.2) is 5.91 Å². The van der Waals surface area contributed by atoms with Crippen LogP contribution < -0.4 is 10.6 Å². The maximum absolute atomic E-state index is 11.7. The van der Waals surface area contributed by atoms with Crippen LogP contribution in [0.15, 0.2) is 36.0 Å². The Morgan fingerprint density at radius 1 is 1.00 bits per heavy atom. The molecular formula is C13H16N2O. The third kappa shape index (κ3) is 2.08. The first-order valence-electron chi connectivity index (χ1n) is 5.36. The fourth-order valence-corrected chi connectivity index (χ4v) is 1.59. The van der Waals surface area contributed by atoms with Gasteiger partial charge in [-0.2, -0.15) is 0 Å². The minimum atomic E-state index is -0.0811. The summed E-state index contributed by atoms with van der Waals surface area (Å²) in [4.78, 5) is 11.7. The smallest absolute Gasteiger partial charge is 0.250 e. The fourth-order valence-electron chi connectivity index (χ4n) is 1.59. The summed E-state index contributed by atoms with van der Waals surface area (Å²) in [5.74, 6) is -0.0811. The number of carbonyl (C=O) groups is 1. The van der Waals surface area contributed by atoms with E-state index in [1.807, 2.05) is 24.3 Å². The van der Waals surface area contributed by atoms with E-state index < -0.39 is 0 Å². The molecule has 84 valence electrons. The summed E-state index contributed by atoms with van der Waals surface area (Å²) in [6.07, 6.45) is 1.62. The van der Waals surface area contributed by atoms with Gasteiger partial charge in [0.25, 0.3) is 0 Å². The molecule has 0 aliphatic carbocycles. The average molecular weight is 216 g/mol. The van der Waals surface area contributed by atoms with Gasteiger partial charge in [-0.1, -0.05) is 32.9 Å². The summed E-state index contributed by atoms with van der Waals surface area (Å²) in [6, 6.07) is 7.70. The highest BCUT2D eigenvalue weighted by molar-refractivity contribution is 6.04. The number of hydrogen-bond donors (Lipinski definition) is 2. The Morgan fingerprint density at radius 3 is 2.12 bits per heavy atom. The van der Waals surface area contributed by atoms with Crippen LogP contribution in [0.5, 0.6) is 0 Å². The maximum atomic E-state index is 11.7. The monoisotopic (exact) mass is 216 g/mol. The molecule has 0 saturated carbocycles. The molecule has 3 heteroatoms. The largest absolute Gasteiger partial charge is 0.357 e. The van der Waals surface area contributed by atoms with Gasteiger partial charge < -0.3 is 10.6 Å². The molecule has 0 radical (unpaired) electrons. The topological polar surface area (TPSA) is 41.1 Å². The Morgan fingerprint density at radius 2 is 1.56 bits per heavy atom. The number of para-hydroxylation sites is 2. The molecule has 16 heavy (non-hydrogen) atoms. The molecular weight excluding hydrogens is 200 g/mol. The van der Waals surface area contributed by atoms with Gasteiger partial charge in [-0.3, -0.25) is 4.79 Å². The van der Waals surface area contributed by atoms with E-state index in [4.69, 9.17) is 0 Å². The van der Waals surface area contributed by atoms with E-state index in [2.05, 4.69) is 31.4 Å². The lowest BCUT2D eigenvalue weighted by atomic mass is 9.91. The number of carbonyl (C=O) groups excluding carboxylic acids is 1. The molecule has 2 N–H and O–H groups in total. The van der Waals surface area contributed by atoms with Gasteiger partial charge in [-0.25, -0.2) is 0 Å². The van der Waals surface area contributed by atoms with Crippen molar-refractivity contribution in [3.63, 3.8) is 0 Å². The molecule has 0 bridgehead atoms. The molecule has 0 unspecified atom stereocenters. The Bertz CT molecular complexity index is 455. The molecule has 1 amide bonds. The maximum Gasteiger partial charge on any atom is 0.250 e. The SMILES string of the molecule is CC(C)(C)C1=CC(=O)Nc2ccccc2N1. The fraction of sp³-hybridized carbons (Fsp3) is 0.308. The Balaban J connectivity index is 2.44. The van der Waals surface area contributed by atoms with Crippen molar-refractivity contribution in [3.05, 3.63) is 36.0 Å². The number of allylic oxidation sites excluding steroid dienone is 1. The van der Waals surface area contributed by atoms with Gasteiger partial charge in [0.15, 0.2) is 0 Å². The second-order valence-electron chi connectivity index (χ2n) is 4.97. The normalized spacial score (nSPS) is 15.4. The summed E-state index contributed by atoms with van der Waals surface area (Å²) in [6.45, 7) is 6.23. The van der Waals surface area contributed by atoms with E-state index in [9.17, 15) is 4.79 Å². The second kappa shape index (κ2) is 3.67. The minimum absolute atomic E-state index is 0.0746. The molecule has 1 aromatic rings. The molecule has 1 heterocycles. The van der Waals surface area contributed by atoms with Crippen LogP contribution in [0.1, 0.15) is 20.8 Å². The zero-order valence-electron chi connectivity index (χ0n) is 9.79. The zero-order valence-corrected chi connectivity index (χ0v) is 9.79. The Labute approximate surface area is 95.6 Å². The number of hydrogen-bond acceptors (Lipinski definition) is 2. The molecule has 0 aromatic heterocycles. The van der Waals surface area contributed by atoms with Crippen LogP contribution in [0, 0.1) is 5.41 Å². The van der Waals surface area contributed by atoms with Gasteiger partial charge in [0, 0.05) is 17.2 Å². The van der Waals surface area contributed by atoms with Crippen molar-refractivity contribution in [2.24, 2.45) is 5.41 Å². The lowest BCUT2D eigenvalue weighted by Gasteiger charge is -2.23. The van der Waals surface area contributed by atoms with Crippen LogP contribution >= 0.6 is 0 Å². The third-order valence-electron chi connectivity index (χ3n) is 2.54. The number of rotatable bonds is 0. The summed E-state index contributed by atoms with van der Waals surface area (Å²) in [5.41, 5.74) is 2.61. The van der Waals surface area contributed by atoms with Gasteiger partial charge >= 0.3 is 0 Å². The van der Waals surface area contributed by atoms with Crippen molar-refractivity contribution in [1.82, 2.24) is 0 Å². The number of nitrogens with one attached hydrogen (secondary N) is 2. The molecule has 2 rings (SSSR count). The molecule has 1 aromatic carbocycles. The molecule has 0 atom stereocenters. The first-order valence-corrected chi connectivity index (χ1v) is 5.36. The van der Waals surface area contributed by atoms with Gasteiger partial charge in [0.2, 0.25) is 5.91 Å². The lowest BCUT2D eigenvalue weighted by Crippen LogP contribution is -2.17. The van der Waals surface area contributed by atoms with Gasteiger partial charge in [-0.15, -0.1) is 0 Å². The summed E-state index contributed by atoms with van der Waals surface area (Å²) < 4.78 is 0. The average Bonchev–Trinajstić information content (AvgIpc) is 2.34. The van der Waals surface area contributed by atoms with Gasteiger partial charge in [-0.05, 0) is 12.1 Å². The number of amides is 1. The van der Waals surface area contributed by atoms with Gasteiger partial charge in [0.1, 0.15) is 0 Å². The van der Waals surface area contributed by atoms with E-state index in [-0.39, 0.29) is 11.3 Å². The summed E-state index contributed by atoms with van der Waals surface area (Å²) >= 11 is 0. The second-order valence-corrected chi connectivity index (χ2v) is 4.97. The summed E-state index contributed by atoms with van der Waals surface area (Å²) in [5, 5.41) is 6.15. The van der Waals surface area contributed by atoms with Crippen molar-refractivity contribution in [3.8, 4) is 0 Å². The number of fused-ring (bicyclic) bond motifs is 1. The third-order valence-corrected chi connectivity index (χ3v) is 2.54. The van der Waals surface area contributed by atoms with Gasteiger partial charge in [0.05, 0.1) is 11.4 Å². The molecule has 0 fully saturated rings. The van der Waals surface area contributed by atoms with Crippen LogP contribution in [-0.2, 0) is 4.79 Å². The van der Waals surface area contributed by atoms with Crippen molar-refractivity contribution in [2.75, 3.05) is 10.6 Å². The van der Waals surface area contributed by atoms with E-state index in [0.717, 1.165) is 17.1 Å². The minimum Gasteiger partial charge on any atom is -0.357 e. The first kappa shape index (κ1) is 10.7. The number of benzene rings is 1. The quantitative estimate of drug-likeness (QED) is 0.700. The Hall–Kier alpha value is -1.77. The highest BCUT2D eigenvalue weighted by atomic mass is 16.1. The summed E-state index contributed by atoms with van der Waals surface area (Å²) in [7, 11) is 0. The van der Waals surface area contributed by atoms with Crippen molar-refractivity contribution in [2.45, 2.75) is 20.8 Å².